The van der Waals surface area contributed by atoms with Gasteiger partial charge in [-0.3, -0.25) is 0 Å². The largest absolute Gasteiger partial charge is 0.342 e. The zero-order valence-electron chi connectivity index (χ0n) is 7.05. The minimum atomic E-state index is -0.936. The van der Waals surface area contributed by atoms with Crippen LogP contribution in [-0.4, -0.2) is 36.5 Å². The van der Waals surface area contributed by atoms with Gasteiger partial charge in [-0.15, -0.1) is 0 Å². The van der Waals surface area contributed by atoms with Crippen molar-refractivity contribution < 1.29 is 9.59 Å². The lowest BCUT2D eigenvalue weighted by Gasteiger charge is -2.37. The maximum absolute atomic E-state index is 9.60. The lowest BCUT2D eigenvalue weighted by Crippen LogP contribution is -2.54. The lowest BCUT2D eigenvalue weighted by atomic mass is 10.1. The van der Waals surface area contributed by atoms with E-state index in [1.165, 1.54) is 0 Å². The van der Waals surface area contributed by atoms with E-state index in [2.05, 4.69) is 0 Å². The third-order valence-electron chi connectivity index (χ3n) is 1.86. The summed E-state index contributed by atoms with van der Waals surface area (Å²) in [6.45, 7) is 1.66. The van der Waals surface area contributed by atoms with Crippen LogP contribution in [0.2, 0.25) is 0 Å². The molecule has 0 aliphatic carbocycles. The van der Waals surface area contributed by atoms with Crippen LogP contribution in [-0.2, 0) is 0 Å². The highest BCUT2D eigenvalue weighted by Gasteiger charge is 2.34. The number of rotatable bonds is 2. The third-order valence-corrected chi connectivity index (χ3v) is 1.86. The normalized spacial score (nSPS) is 17.6. The molecule has 0 unspecified atom stereocenters. The van der Waals surface area contributed by atoms with E-state index in [0.29, 0.717) is 4.48 Å². The topological polar surface area (TPSA) is 44.0 Å². The van der Waals surface area contributed by atoms with E-state index in [4.69, 9.17) is 5.26 Å². The van der Waals surface area contributed by atoms with E-state index in [0.717, 1.165) is 0 Å². The van der Waals surface area contributed by atoms with Gasteiger partial charge < -0.3 is 9.59 Å². The van der Waals surface area contributed by atoms with Gasteiger partial charge in [0.05, 0.1) is 27.2 Å². The van der Waals surface area contributed by atoms with Crippen LogP contribution in [0.4, 0.5) is 0 Å². The first kappa shape index (κ1) is 9.41. The van der Waals surface area contributed by atoms with Gasteiger partial charge in [0.15, 0.2) is 0 Å². The van der Waals surface area contributed by atoms with Crippen LogP contribution in [0.1, 0.15) is 13.3 Å². The summed E-state index contributed by atoms with van der Waals surface area (Å²) in [7, 11) is 5.58. The fourth-order valence-electron chi connectivity index (χ4n) is 0.387. The van der Waals surface area contributed by atoms with Crippen molar-refractivity contribution in [1.29, 1.82) is 5.26 Å². The van der Waals surface area contributed by atoms with Gasteiger partial charge >= 0.3 is 0 Å². The Morgan fingerprint density at radius 3 is 2.00 bits per heavy atom. The molecule has 0 rings (SSSR count). The van der Waals surface area contributed by atoms with Gasteiger partial charge in [0.2, 0.25) is 5.72 Å². The summed E-state index contributed by atoms with van der Waals surface area (Å²) >= 11 is 0. The summed E-state index contributed by atoms with van der Waals surface area (Å²) in [5.41, 5.74) is -0.936. The quantitative estimate of drug-likeness (QED) is 0.447. The SMILES string of the molecule is C[C@@](O)(CC#N)[N+](C)(C)C. The fourth-order valence-corrected chi connectivity index (χ4v) is 0.387. The third kappa shape index (κ3) is 1.98. The summed E-state index contributed by atoms with van der Waals surface area (Å²) in [6.07, 6.45) is 0.163. The molecule has 0 aliphatic heterocycles. The monoisotopic (exact) mass is 143 g/mol. The van der Waals surface area contributed by atoms with E-state index >= 15 is 0 Å². The molecule has 3 nitrogen and oxygen atoms in total. The minimum Gasteiger partial charge on any atom is -0.342 e. The molecule has 0 aromatic carbocycles. The molecular weight excluding hydrogens is 128 g/mol. The van der Waals surface area contributed by atoms with Crippen molar-refractivity contribution in [3.63, 3.8) is 0 Å². The molecule has 0 amide bonds. The number of hydrogen-bond acceptors (Lipinski definition) is 2. The maximum atomic E-state index is 9.60. The number of nitriles is 1. The molecule has 0 aliphatic rings. The van der Waals surface area contributed by atoms with Crippen molar-refractivity contribution in [2.45, 2.75) is 19.1 Å². The van der Waals surface area contributed by atoms with E-state index < -0.39 is 5.72 Å². The lowest BCUT2D eigenvalue weighted by molar-refractivity contribution is -0.947. The maximum Gasteiger partial charge on any atom is 0.210 e. The van der Waals surface area contributed by atoms with Crippen molar-refractivity contribution in [1.82, 2.24) is 0 Å². The second-order valence-corrected chi connectivity index (χ2v) is 3.56. The number of nitrogens with zero attached hydrogens (tertiary/aromatic N) is 2. The van der Waals surface area contributed by atoms with Gasteiger partial charge in [-0.05, 0) is 0 Å². The molecule has 0 aromatic rings. The van der Waals surface area contributed by atoms with Gasteiger partial charge in [-0.2, -0.15) is 5.26 Å². The number of hydrogen-bond donors (Lipinski definition) is 1. The summed E-state index contributed by atoms with van der Waals surface area (Å²) < 4.78 is 0.389. The summed E-state index contributed by atoms with van der Waals surface area (Å²) in [5, 5.41) is 17.9. The Morgan fingerprint density at radius 2 is 1.90 bits per heavy atom. The zero-order valence-corrected chi connectivity index (χ0v) is 7.05. The highest BCUT2D eigenvalue weighted by molar-refractivity contribution is 4.78. The van der Waals surface area contributed by atoms with Gasteiger partial charge in [0.25, 0.3) is 0 Å². The molecule has 0 bridgehead atoms. The van der Waals surface area contributed by atoms with Crippen LogP contribution < -0.4 is 0 Å². The predicted molar refractivity (Wildman–Crippen MR) is 38.9 cm³/mol. The molecule has 3 heteroatoms. The second kappa shape index (κ2) is 2.57. The van der Waals surface area contributed by atoms with Crippen molar-refractivity contribution in [3.8, 4) is 6.07 Å². The molecular formula is C7H15N2O+. The molecule has 0 saturated carbocycles. The highest BCUT2D eigenvalue weighted by Crippen LogP contribution is 2.17. The molecule has 10 heavy (non-hydrogen) atoms. The van der Waals surface area contributed by atoms with Crippen molar-refractivity contribution in [2.24, 2.45) is 0 Å². The van der Waals surface area contributed by atoms with Crippen LogP contribution >= 0.6 is 0 Å². The van der Waals surface area contributed by atoms with Gasteiger partial charge in [0, 0.05) is 6.92 Å². The zero-order chi connectivity index (χ0) is 8.41. The first-order chi connectivity index (χ1) is 4.31. The van der Waals surface area contributed by atoms with Crippen molar-refractivity contribution in [2.75, 3.05) is 21.1 Å². The Kier molecular flexibility index (Phi) is 2.42. The van der Waals surface area contributed by atoms with Gasteiger partial charge in [-0.1, -0.05) is 0 Å². The smallest absolute Gasteiger partial charge is 0.210 e. The molecule has 1 N–H and O–H groups in total. The Hall–Kier alpha value is -0.590. The van der Waals surface area contributed by atoms with Crippen LogP contribution in [0.25, 0.3) is 0 Å². The van der Waals surface area contributed by atoms with Crippen LogP contribution in [0.15, 0.2) is 0 Å². The van der Waals surface area contributed by atoms with Crippen LogP contribution in [0, 0.1) is 11.3 Å². The Balaban J connectivity index is 4.28. The molecule has 0 spiro atoms. The van der Waals surface area contributed by atoms with Gasteiger partial charge in [0.1, 0.15) is 6.42 Å². The van der Waals surface area contributed by atoms with Crippen molar-refractivity contribution >= 4 is 0 Å². The first-order valence-corrected chi connectivity index (χ1v) is 3.22. The fraction of sp³-hybridized carbons (Fsp3) is 0.857. The molecule has 58 valence electrons. The summed E-state index contributed by atoms with van der Waals surface area (Å²) in [4.78, 5) is 0. The molecule has 1 atom stereocenters. The second-order valence-electron chi connectivity index (χ2n) is 3.56. The van der Waals surface area contributed by atoms with Crippen molar-refractivity contribution in [3.05, 3.63) is 0 Å². The molecule has 0 heterocycles. The highest BCUT2D eigenvalue weighted by atomic mass is 16.3. The van der Waals surface area contributed by atoms with E-state index in [1.54, 1.807) is 6.92 Å². The predicted octanol–water partition coefficient (Wildman–Crippen LogP) is 0.315. The molecule has 0 aromatic heterocycles. The molecule has 0 saturated heterocycles. The Labute approximate surface area is 62.1 Å². The van der Waals surface area contributed by atoms with E-state index in [9.17, 15) is 5.11 Å². The molecule has 0 fully saturated rings. The summed E-state index contributed by atoms with van der Waals surface area (Å²) in [6, 6.07) is 1.95. The summed E-state index contributed by atoms with van der Waals surface area (Å²) in [5.74, 6) is 0. The average Bonchev–Trinajstić information content (AvgIpc) is 1.61. The van der Waals surface area contributed by atoms with E-state index in [1.807, 2.05) is 27.2 Å². The van der Waals surface area contributed by atoms with Crippen LogP contribution in [0.5, 0.6) is 0 Å². The Bertz CT molecular complexity index is 150. The van der Waals surface area contributed by atoms with Crippen LogP contribution in [0.3, 0.4) is 0 Å². The van der Waals surface area contributed by atoms with Gasteiger partial charge in [-0.25, -0.2) is 0 Å². The average molecular weight is 143 g/mol. The first-order valence-electron chi connectivity index (χ1n) is 3.22. The number of aliphatic hydroxyl groups is 1. The Morgan fingerprint density at radius 1 is 1.50 bits per heavy atom. The molecule has 0 radical (unpaired) electrons. The number of quaternary nitrogens is 1. The minimum absolute atomic E-state index is 0.163. The van der Waals surface area contributed by atoms with E-state index in [-0.39, 0.29) is 6.42 Å². The standard InChI is InChI=1S/C7H15N2O/c1-7(10,5-6-8)9(2,3)4/h10H,5H2,1-4H3/q+1/t7-/m1/s1.